The molecule has 0 aliphatic carbocycles. The lowest BCUT2D eigenvalue weighted by Gasteiger charge is -2.35. The van der Waals surface area contributed by atoms with E-state index in [2.05, 4.69) is 12.2 Å². The number of nitrogens with one attached hydrogen (secondary N) is 1. The molecule has 1 saturated heterocycles. The van der Waals surface area contributed by atoms with Gasteiger partial charge in [-0.1, -0.05) is 6.92 Å². The Balaban J connectivity index is 2.31. The summed E-state index contributed by atoms with van der Waals surface area (Å²) in [6.45, 7) is 5.81. The van der Waals surface area contributed by atoms with Gasteiger partial charge in [0.1, 0.15) is 0 Å². The smallest absolute Gasteiger partial charge is 0.307 e. The normalized spacial score (nSPS) is 29.9. The van der Waals surface area contributed by atoms with Crippen LogP contribution in [0, 0.1) is 5.92 Å². The highest BCUT2D eigenvalue weighted by Crippen LogP contribution is 2.18. The van der Waals surface area contributed by atoms with Crippen molar-refractivity contribution in [1.29, 1.82) is 0 Å². The van der Waals surface area contributed by atoms with E-state index in [1.165, 1.54) is 0 Å². The Bertz CT molecular complexity index is 200. The molecule has 0 aromatic heterocycles. The van der Waals surface area contributed by atoms with Crippen molar-refractivity contribution in [2.24, 2.45) is 5.92 Å². The van der Waals surface area contributed by atoms with Crippen molar-refractivity contribution in [3.8, 4) is 0 Å². The maximum absolute atomic E-state index is 10.6. The average molecular weight is 201 g/mol. The Morgan fingerprint density at radius 3 is 2.93 bits per heavy atom. The second kappa shape index (κ2) is 4.75. The highest BCUT2D eigenvalue weighted by molar-refractivity contribution is 5.69. The summed E-state index contributed by atoms with van der Waals surface area (Å²) in [4.78, 5) is 10.6. The number of carboxylic acids is 1. The third-order valence-electron chi connectivity index (χ3n) is 2.69. The monoisotopic (exact) mass is 201 g/mol. The quantitative estimate of drug-likeness (QED) is 0.708. The van der Waals surface area contributed by atoms with Crippen molar-refractivity contribution in [2.75, 3.05) is 19.8 Å². The molecule has 0 saturated carbocycles. The van der Waals surface area contributed by atoms with Crippen LogP contribution in [-0.2, 0) is 9.53 Å². The summed E-state index contributed by atoms with van der Waals surface area (Å²) in [7, 11) is 0. The molecule has 4 heteroatoms. The molecule has 2 atom stereocenters. The summed E-state index contributed by atoms with van der Waals surface area (Å²) in [5, 5.41) is 12.0. The molecular formula is C10H19NO3. The molecule has 0 radical (unpaired) electrons. The van der Waals surface area contributed by atoms with Gasteiger partial charge in [0.05, 0.1) is 12.5 Å². The van der Waals surface area contributed by atoms with E-state index in [1.807, 2.05) is 0 Å². The number of hydrogen-bond donors (Lipinski definition) is 2. The van der Waals surface area contributed by atoms with E-state index in [1.54, 1.807) is 6.92 Å². The summed E-state index contributed by atoms with van der Waals surface area (Å²) in [5.41, 5.74) is -0.0397. The minimum atomic E-state index is -0.752. The molecular weight excluding hydrogens is 182 g/mol. The molecule has 2 N–H and O–H groups in total. The number of rotatable bonds is 4. The molecule has 1 heterocycles. The van der Waals surface area contributed by atoms with Gasteiger partial charge in [-0.2, -0.15) is 0 Å². The van der Waals surface area contributed by atoms with Crippen molar-refractivity contribution in [3.63, 3.8) is 0 Å². The highest BCUT2D eigenvalue weighted by atomic mass is 16.5. The van der Waals surface area contributed by atoms with Crippen molar-refractivity contribution < 1.29 is 14.6 Å². The molecule has 0 amide bonds. The predicted octanol–water partition coefficient (Wildman–Crippen LogP) is 0.866. The van der Waals surface area contributed by atoms with Crippen LogP contribution in [0.25, 0.3) is 0 Å². The molecule has 0 aromatic carbocycles. The highest BCUT2D eigenvalue weighted by Gasteiger charge is 2.27. The van der Waals surface area contributed by atoms with Crippen LogP contribution in [0.15, 0.2) is 0 Å². The lowest BCUT2D eigenvalue weighted by atomic mass is 9.94. The topological polar surface area (TPSA) is 58.6 Å². The van der Waals surface area contributed by atoms with Crippen molar-refractivity contribution >= 4 is 5.97 Å². The van der Waals surface area contributed by atoms with Crippen LogP contribution in [-0.4, -0.2) is 36.4 Å². The van der Waals surface area contributed by atoms with Gasteiger partial charge in [-0.25, -0.2) is 0 Å². The van der Waals surface area contributed by atoms with E-state index in [0.717, 1.165) is 19.4 Å². The molecule has 14 heavy (non-hydrogen) atoms. The summed E-state index contributed by atoms with van der Waals surface area (Å²) < 4.78 is 5.37. The summed E-state index contributed by atoms with van der Waals surface area (Å²) in [6.07, 6.45) is 2.10. The Labute approximate surface area is 84.6 Å². The Morgan fingerprint density at radius 1 is 1.71 bits per heavy atom. The van der Waals surface area contributed by atoms with Crippen LogP contribution in [0.2, 0.25) is 0 Å². The summed E-state index contributed by atoms with van der Waals surface area (Å²) in [5.74, 6) is -1.09. The fourth-order valence-corrected chi connectivity index (χ4v) is 1.56. The number of ether oxygens (including phenoxy) is 1. The van der Waals surface area contributed by atoms with Crippen molar-refractivity contribution in [3.05, 3.63) is 0 Å². The first-order valence-corrected chi connectivity index (χ1v) is 5.09. The van der Waals surface area contributed by atoms with Gasteiger partial charge in [0, 0.05) is 18.7 Å². The first kappa shape index (κ1) is 11.5. The lowest BCUT2D eigenvalue weighted by Crippen LogP contribution is -2.50. The maximum Gasteiger partial charge on any atom is 0.307 e. The molecule has 82 valence electrons. The van der Waals surface area contributed by atoms with Crippen LogP contribution in [0.4, 0.5) is 0 Å². The maximum atomic E-state index is 10.6. The molecule has 1 aliphatic rings. The number of carboxylic acid groups (broad SMARTS) is 1. The van der Waals surface area contributed by atoms with Crippen LogP contribution >= 0.6 is 0 Å². The molecule has 0 spiro atoms. The van der Waals surface area contributed by atoms with E-state index >= 15 is 0 Å². The molecule has 1 fully saturated rings. The number of carbonyl (C=O) groups is 1. The van der Waals surface area contributed by atoms with E-state index < -0.39 is 5.97 Å². The Kier molecular flexibility index (Phi) is 3.89. The lowest BCUT2D eigenvalue weighted by molar-refractivity contribution is -0.141. The summed E-state index contributed by atoms with van der Waals surface area (Å²) in [6, 6.07) is 0. The Morgan fingerprint density at radius 2 is 2.43 bits per heavy atom. The molecule has 1 aliphatic heterocycles. The second-order valence-corrected chi connectivity index (χ2v) is 4.34. The number of aliphatic carboxylic acids is 1. The molecule has 1 rings (SSSR count). The largest absolute Gasteiger partial charge is 0.481 e. The van der Waals surface area contributed by atoms with Gasteiger partial charge < -0.3 is 15.2 Å². The third-order valence-corrected chi connectivity index (χ3v) is 2.69. The standard InChI is InChI=1S/C10H19NO3/c1-8(9(12)13)6-11-10(2)4-3-5-14-7-10/h8,11H,3-7H2,1-2H3,(H,12,13). The molecule has 0 aromatic rings. The van der Waals surface area contributed by atoms with Crippen molar-refractivity contribution in [2.45, 2.75) is 32.2 Å². The molecule has 0 bridgehead atoms. The zero-order chi connectivity index (χ0) is 10.6. The molecule has 4 nitrogen and oxygen atoms in total. The van der Waals surface area contributed by atoms with E-state index in [4.69, 9.17) is 9.84 Å². The zero-order valence-electron chi connectivity index (χ0n) is 8.88. The Hall–Kier alpha value is -0.610. The van der Waals surface area contributed by atoms with Crippen LogP contribution in [0.5, 0.6) is 0 Å². The zero-order valence-corrected chi connectivity index (χ0v) is 8.88. The van der Waals surface area contributed by atoms with Gasteiger partial charge in [-0.15, -0.1) is 0 Å². The summed E-state index contributed by atoms with van der Waals surface area (Å²) >= 11 is 0. The minimum absolute atomic E-state index is 0.0397. The van der Waals surface area contributed by atoms with Gasteiger partial charge in [-0.3, -0.25) is 4.79 Å². The predicted molar refractivity (Wildman–Crippen MR) is 53.3 cm³/mol. The molecule has 2 unspecified atom stereocenters. The fraction of sp³-hybridized carbons (Fsp3) is 0.900. The second-order valence-electron chi connectivity index (χ2n) is 4.34. The average Bonchev–Trinajstić information content (AvgIpc) is 2.15. The van der Waals surface area contributed by atoms with E-state index in [0.29, 0.717) is 13.2 Å². The SMILES string of the molecule is CC(CNC1(C)CCCOC1)C(=O)O. The van der Waals surface area contributed by atoms with Crippen LogP contribution in [0.1, 0.15) is 26.7 Å². The van der Waals surface area contributed by atoms with Crippen molar-refractivity contribution in [1.82, 2.24) is 5.32 Å². The van der Waals surface area contributed by atoms with E-state index in [9.17, 15) is 4.79 Å². The number of hydrogen-bond acceptors (Lipinski definition) is 3. The van der Waals surface area contributed by atoms with Crippen LogP contribution < -0.4 is 5.32 Å². The van der Waals surface area contributed by atoms with Gasteiger partial charge in [0.25, 0.3) is 0 Å². The van der Waals surface area contributed by atoms with Gasteiger partial charge in [-0.05, 0) is 19.8 Å². The third kappa shape index (κ3) is 3.27. The van der Waals surface area contributed by atoms with E-state index in [-0.39, 0.29) is 11.5 Å². The van der Waals surface area contributed by atoms with Gasteiger partial charge in [0.15, 0.2) is 0 Å². The van der Waals surface area contributed by atoms with Gasteiger partial charge in [0.2, 0.25) is 0 Å². The first-order valence-electron chi connectivity index (χ1n) is 5.09. The van der Waals surface area contributed by atoms with Gasteiger partial charge >= 0.3 is 5.97 Å². The first-order chi connectivity index (χ1) is 6.53. The van der Waals surface area contributed by atoms with Crippen LogP contribution in [0.3, 0.4) is 0 Å². The fourth-order valence-electron chi connectivity index (χ4n) is 1.56. The minimum Gasteiger partial charge on any atom is -0.481 e.